The van der Waals surface area contributed by atoms with Crippen LogP contribution in [0.1, 0.15) is 40.0 Å². The van der Waals surface area contributed by atoms with Gasteiger partial charge in [0.1, 0.15) is 6.04 Å². The van der Waals surface area contributed by atoms with E-state index in [0.29, 0.717) is 6.54 Å². The molecule has 0 saturated heterocycles. The molecule has 1 amide bonds. The molecule has 0 spiro atoms. The van der Waals surface area contributed by atoms with Gasteiger partial charge in [0.15, 0.2) is 0 Å². The maximum atomic E-state index is 11.6. The average Bonchev–Trinajstić information content (AvgIpc) is 2.22. The first-order chi connectivity index (χ1) is 7.47. The first kappa shape index (κ1) is 14.8. The van der Waals surface area contributed by atoms with Crippen molar-refractivity contribution in [3.05, 3.63) is 24.4 Å². The number of carbonyl (C=O) groups is 1. The second-order valence-corrected chi connectivity index (χ2v) is 4.14. The van der Waals surface area contributed by atoms with Crippen molar-refractivity contribution in [1.29, 1.82) is 0 Å². The smallest absolute Gasteiger partial charge is 0.242 e. The molecule has 1 atom stereocenters. The molecule has 1 unspecified atom stereocenters. The van der Waals surface area contributed by atoms with Crippen LogP contribution in [0.15, 0.2) is 24.4 Å². The maximum Gasteiger partial charge on any atom is 0.242 e. The number of hydrogen-bond acceptors (Lipinski definition) is 2. The van der Waals surface area contributed by atoms with E-state index in [4.69, 9.17) is 0 Å². The number of carbonyl (C=O) groups excluding carboxylic acids is 1. The minimum atomic E-state index is -0.216. The Labute approximate surface area is 99.0 Å². The molecule has 0 aromatic carbocycles. The summed E-state index contributed by atoms with van der Waals surface area (Å²) < 4.78 is 0. The highest BCUT2D eigenvalue weighted by Gasteiger charge is 2.10. The van der Waals surface area contributed by atoms with Crippen LogP contribution >= 0.6 is 0 Å². The van der Waals surface area contributed by atoms with Crippen molar-refractivity contribution in [3.8, 4) is 0 Å². The molecule has 3 heteroatoms. The predicted octanol–water partition coefficient (Wildman–Crippen LogP) is 2.36. The lowest BCUT2D eigenvalue weighted by Crippen LogP contribution is -2.41. The van der Waals surface area contributed by atoms with Gasteiger partial charge in [0.05, 0.1) is 0 Å². The van der Waals surface area contributed by atoms with Crippen LogP contribution in [0.3, 0.4) is 0 Å². The van der Waals surface area contributed by atoms with Crippen molar-refractivity contribution < 1.29 is 4.79 Å². The molecule has 92 valence electrons. The molecule has 0 rings (SSSR count). The van der Waals surface area contributed by atoms with Gasteiger partial charge < -0.3 is 10.6 Å². The zero-order chi connectivity index (χ0) is 12.6. The lowest BCUT2D eigenvalue weighted by molar-refractivity contribution is -0.122. The summed E-state index contributed by atoms with van der Waals surface area (Å²) in [6.45, 7) is 14.1. The molecule has 0 saturated carbocycles. The molecule has 0 aliphatic rings. The summed E-state index contributed by atoms with van der Waals surface area (Å²) >= 11 is 0. The van der Waals surface area contributed by atoms with Crippen LogP contribution in [0.25, 0.3) is 0 Å². The van der Waals surface area contributed by atoms with Crippen molar-refractivity contribution in [2.24, 2.45) is 0 Å². The van der Waals surface area contributed by atoms with E-state index in [9.17, 15) is 4.79 Å². The van der Waals surface area contributed by atoms with E-state index >= 15 is 0 Å². The van der Waals surface area contributed by atoms with Crippen LogP contribution in [0, 0.1) is 0 Å². The van der Waals surface area contributed by atoms with Crippen molar-refractivity contribution in [2.45, 2.75) is 46.1 Å². The van der Waals surface area contributed by atoms with Gasteiger partial charge in [0.2, 0.25) is 5.91 Å². The average molecular weight is 224 g/mol. The minimum absolute atomic E-state index is 0.0186. The van der Waals surface area contributed by atoms with E-state index < -0.39 is 0 Å². The molecular weight excluding hydrogens is 200 g/mol. The van der Waals surface area contributed by atoms with Gasteiger partial charge in [-0.2, -0.15) is 0 Å². The van der Waals surface area contributed by atoms with Crippen LogP contribution in [0.2, 0.25) is 0 Å². The topological polar surface area (TPSA) is 41.1 Å². The summed E-state index contributed by atoms with van der Waals surface area (Å²) in [4.78, 5) is 11.6. The second-order valence-electron chi connectivity index (χ2n) is 4.14. The Kier molecular flexibility index (Phi) is 7.34. The van der Waals surface area contributed by atoms with Gasteiger partial charge in [0.25, 0.3) is 0 Å². The van der Waals surface area contributed by atoms with Crippen LogP contribution in [-0.2, 0) is 4.79 Å². The molecule has 3 nitrogen and oxygen atoms in total. The van der Waals surface area contributed by atoms with Gasteiger partial charge in [0, 0.05) is 12.2 Å². The van der Waals surface area contributed by atoms with Gasteiger partial charge in [-0.3, -0.25) is 4.79 Å². The van der Waals surface area contributed by atoms with E-state index in [1.54, 1.807) is 0 Å². The third-order valence-corrected chi connectivity index (χ3v) is 2.36. The summed E-state index contributed by atoms with van der Waals surface area (Å²) in [6, 6.07) is -0.216. The Morgan fingerprint density at radius 1 is 1.38 bits per heavy atom. The zero-order valence-corrected chi connectivity index (χ0v) is 10.7. The third kappa shape index (κ3) is 7.10. The summed E-state index contributed by atoms with van der Waals surface area (Å²) in [5.41, 5.74) is 2.05. The Morgan fingerprint density at radius 2 is 2.00 bits per heavy atom. The van der Waals surface area contributed by atoms with Crippen molar-refractivity contribution in [2.75, 3.05) is 6.54 Å². The fourth-order valence-electron chi connectivity index (χ4n) is 1.31. The van der Waals surface area contributed by atoms with E-state index in [0.717, 1.165) is 25.0 Å². The highest BCUT2D eigenvalue weighted by molar-refractivity contribution is 5.81. The number of nitrogens with one attached hydrogen (secondary N) is 2. The molecule has 0 aliphatic carbocycles. The fourth-order valence-corrected chi connectivity index (χ4v) is 1.31. The van der Waals surface area contributed by atoms with Gasteiger partial charge in [-0.15, -0.1) is 0 Å². The first-order valence-electron chi connectivity index (χ1n) is 5.83. The van der Waals surface area contributed by atoms with E-state index in [-0.39, 0.29) is 11.9 Å². The Morgan fingerprint density at radius 3 is 2.50 bits per heavy atom. The molecule has 0 radical (unpaired) electrons. The van der Waals surface area contributed by atoms with Crippen LogP contribution in [0.4, 0.5) is 0 Å². The predicted molar refractivity (Wildman–Crippen MR) is 69.1 cm³/mol. The van der Waals surface area contributed by atoms with Gasteiger partial charge in [-0.1, -0.05) is 25.7 Å². The van der Waals surface area contributed by atoms with E-state index in [2.05, 4.69) is 30.7 Å². The molecule has 0 aromatic heterocycles. The van der Waals surface area contributed by atoms with E-state index in [1.807, 2.05) is 13.8 Å². The van der Waals surface area contributed by atoms with Crippen LogP contribution in [-0.4, -0.2) is 18.5 Å². The molecule has 16 heavy (non-hydrogen) atoms. The molecule has 0 fully saturated rings. The van der Waals surface area contributed by atoms with Crippen molar-refractivity contribution in [1.82, 2.24) is 10.6 Å². The number of amides is 1. The normalized spacial score (nSPS) is 11.7. The number of allylic oxidation sites excluding steroid dienone is 2. The Bertz CT molecular complexity index is 259. The van der Waals surface area contributed by atoms with E-state index in [1.165, 1.54) is 5.57 Å². The summed E-state index contributed by atoms with van der Waals surface area (Å²) in [5, 5.41) is 5.86. The van der Waals surface area contributed by atoms with Crippen molar-refractivity contribution in [3.63, 3.8) is 0 Å². The fraction of sp³-hybridized carbons (Fsp3) is 0.615. The number of hydrogen-bond donors (Lipinski definition) is 2. The van der Waals surface area contributed by atoms with Crippen LogP contribution < -0.4 is 10.6 Å². The Hall–Kier alpha value is -1.25. The lowest BCUT2D eigenvalue weighted by atomic mass is 10.1. The standard InChI is InChI=1S/C13H24N2O/c1-6-11(4)8-7-9-14-13(16)12(5)15-10(2)3/h12,15H,2,4,6-9H2,1,3,5H3,(H,14,16). The van der Waals surface area contributed by atoms with Crippen molar-refractivity contribution >= 4 is 5.91 Å². The number of rotatable bonds is 8. The summed E-state index contributed by atoms with van der Waals surface area (Å²) in [6.07, 6.45) is 2.96. The Balaban J connectivity index is 3.65. The third-order valence-electron chi connectivity index (χ3n) is 2.36. The maximum absolute atomic E-state index is 11.6. The van der Waals surface area contributed by atoms with Gasteiger partial charge in [-0.25, -0.2) is 0 Å². The first-order valence-corrected chi connectivity index (χ1v) is 5.83. The minimum Gasteiger partial charge on any atom is -0.378 e. The monoisotopic (exact) mass is 224 g/mol. The molecule has 0 bridgehead atoms. The SMILES string of the molecule is C=C(CC)CCCNC(=O)C(C)NC(=C)C. The quantitative estimate of drug-likeness (QED) is 0.491. The molecule has 2 N–H and O–H groups in total. The molecule has 0 aromatic rings. The highest BCUT2D eigenvalue weighted by atomic mass is 16.2. The van der Waals surface area contributed by atoms with Gasteiger partial charge in [-0.05, 0) is 33.1 Å². The molecule has 0 heterocycles. The largest absolute Gasteiger partial charge is 0.378 e. The van der Waals surface area contributed by atoms with Crippen LogP contribution in [0.5, 0.6) is 0 Å². The highest BCUT2D eigenvalue weighted by Crippen LogP contribution is 2.04. The van der Waals surface area contributed by atoms with Gasteiger partial charge >= 0.3 is 0 Å². The molecule has 0 aliphatic heterocycles. The second kappa shape index (κ2) is 7.97. The summed E-state index contributed by atoms with van der Waals surface area (Å²) in [7, 11) is 0. The zero-order valence-electron chi connectivity index (χ0n) is 10.7. The lowest BCUT2D eigenvalue weighted by Gasteiger charge is -2.14. The summed E-state index contributed by atoms with van der Waals surface area (Å²) in [5.74, 6) is 0.0186. The molecular formula is C13H24N2O.